The topological polar surface area (TPSA) is 125 Å². The Bertz CT molecular complexity index is 2610. The first-order valence-electron chi connectivity index (χ1n) is 26.4. The van der Waals surface area contributed by atoms with Gasteiger partial charge in [-0.1, -0.05) is 164 Å². The first-order valence-corrected chi connectivity index (χ1v) is 26.4. The average Bonchev–Trinajstić information content (AvgIpc) is 3.34. The summed E-state index contributed by atoms with van der Waals surface area (Å²) in [5.41, 5.74) is 7.32. The maximum absolute atomic E-state index is 14.2. The molecule has 3 amide bonds. The van der Waals surface area contributed by atoms with E-state index in [1.54, 1.807) is 11.9 Å². The number of likely N-dealkylation sites (N-methyl/N-ethyl adjacent to an activating group) is 2. The van der Waals surface area contributed by atoms with Crippen LogP contribution >= 0.6 is 0 Å². The summed E-state index contributed by atoms with van der Waals surface area (Å²) in [5.74, 6) is 6.27. The predicted octanol–water partition coefficient (Wildman–Crippen LogP) is 11.4. The van der Waals surface area contributed by atoms with Crippen molar-refractivity contribution >= 4 is 35.2 Å². The minimum Gasteiger partial charge on any atom is -0.461 e. The summed E-state index contributed by atoms with van der Waals surface area (Å²) in [5, 5.41) is 6.35. The number of nitrogens with one attached hydrogen (secondary N) is 2. The zero-order valence-electron chi connectivity index (χ0n) is 45.7. The number of esters is 1. The Labute approximate surface area is 437 Å². The summed E-state index contributed by atoms with van der Waals surface area (Å²) in [4.78, 5) is 71.2. The molecule has 5 rings (SSSR count). The molecule has 0 aromatic heterocycles. The Kier molecular flexibility index (Phi) is 21.4. The number of fused-ring (bicyclic) bond motifs is 2. The van der Waals surface area contributed by atoms with Crippen LogP contribution < -0.4 is 15.5 Å². The van der Waals surface area contributed by atoms with Crippen molar-refractivity contribution in [1.29, 1.82) is 0 Å². The quantitative estimate of drug-likeness (QED) is 0.0293. The lowest BCUT2D eigenvalue weighted by Gasteiger charge is -2.40. The van der Waals surface area contributed by atoms with Gasteiger partial charge >= 0.3 is 5.97 Å². The molecule has 0 aliphatic carbocycles. The van der Waals surface area contributed by atoms with Gasteiger partial charge in [-0.25, -0.2) is 0 Å². The number of allylic oxidation sites excluding steroid dienone is 1. The second-order valence-corrected chi connectivity index (χ2v) is 22.1. The monoisotopic (exact) mass is 991 g/mol. The van der Waals surface area contributed by atoms with Crippen LogP contribution in [0.5, 0.6) is 0 Å². The summed E-state index contributed by atoms with van der Waals surface area (Å²) in [6.45, 7) is 18.8. The van der Waals surface area contributed by atoms with Crippen LogP contribution in [0.25, 0.3) is 0 Å². The highest BCUT2D eigenvalue weighted by Gasteiger charge is 2.42. The number of rotatable bonds is 25. The third kappa shape index (κ3) is 16.9. The molecule has 0 radical (unpaired) electrons. The molecule has 0 fully saturated rings. The molecule has 2 N–H and O–H groups in total. The molecule has 1 aliphatic rings. The number of anilines is 1. The van der Waals surface area contributed by atoms with Crippen molar-refractivity contribution in [2.45, 2.75) is 170 Å². The highest BCUT2D eigenvalue weighted by molar-refractivity contribution is 5.95. The zero-order chi connectivity index (χ0) is 53.3. The molecule has 0 unspecified atom stereocenters. The van der Waals surface area contributed by atoms with Gasteiger partial charge in [-0.2, -0.15) is 0 Å². The van der Waals surface area contributed by atoms with Crippen molar-refractivity contribution in [2.75, 3.05) is 19.0 Å². The number of Topliss-reactive ketones (excluding diaryl/α,β-unsaturated/α-hetero) is 1. The molecule has 10 heteroatoms. The Morgan fingerprint density at radius 3 is 2.01 bits per heavy atom. The maximum Gasteiger partial charge on any atom is 0.310 e. The maximum atomic E-state index is 14.2. The summed E-state index contributed by atoms with van der Waals surface area (Å²) in [7, 11) is 3.56. The number of unbranched alkanes of at least 4 members (excludes halogenated alkanes) is 4. The van der Waals surface area contributed by atoms with Gasteiger partial charge in [0, 0.05) is 42.9 Å². The number of ether oxygens (including phenoxy) is 1. The summed E-state index contributed by atoms with van der Waals surface area (Å²) in [6.07, 6.45) is 9.92. The third-order valence-electron chi connectivity index (χ3n) is 14.0. The van der Waals surface area contributed by atoms with Crippen LogP contribution in [0.2, 0.25) is 0 Å². The van der Waals surface area contributed by atoms with E-state index in [0.29, 0.717) is 38.6 Å². The van der Waals surface area contributed by atoms with E-state index in [1.165, 1.54) is 5.56 Å². The van der Waals surface area contributed by atoms with Gasteiger partial charge in [-0.05, 0) is 110 Å². The van der Waals surface area contributed by atoms with E-state index in [2.05, 4.69) is 54.5 Å². The molecule has 0 saturated heterocycles. The van der Waals surface area contributed by atoms with Gasteiger partial charge in [0.25, 0.3) is 0 Å². The van der Waals surface area contributed by atoms with Crippen molar-refractivity contribution < 1.29 is 28.7 Å². The van der Waals surface area contributed by atoms with Gasteiger partial charge in [-0.15, -0.1) is 0 Å². The Hall–Kier alpha value is -6.31. The minimum absolute atomic E-state index is 0.0527. The molecule has 73 heavy (non-hydrogen) atoms. The molecule has 0 bridgehead atoms. The van der Waals surface area contributed by atoms with Gasteiger partial charge < -0.3 is 25.2 Å². The van der Waals surface area contributed by atoms with Crippen molar-refractivity contribution in [2.24, 2.45) is 11.3 Å². The molecule has 0 spiro atoms. The number of amides is 3. The van der Waals surface area contributed by atoms with E-state index < -0.39 is 22.9 Å². The van der Waals surface area contributed by atoms with Gasteiger partial charge in [0.2, 0.25) is 17.7 Å². The molecular weight excluding hydrogens is 909 g/mol. The molecule has 0 saturated carbocycles. The number of benzene rings is 4. The lowest BCUT2D eigenvalue weighted by molar-refractivity contribution is -0.144. The smallest absolute Gasteiger partial charge is 0.310 e. The van der Waals surface area contributed by atoms with Crippen molar-refractivity contribution in [3.63, 3.8) is 0 Å². The van der Waals surface area contributed by atoms with E-state index in [1.807, 2.05) is 145 Å². The first-order chi connectivity index (χ1) is 34.7. The number of para-hydroxylation sites is 1. The van der Waals surface area contributed by atoms with Crippen LogP contribution in [0.1, 0.15) is 159 Å². The SMILES string of the molecule is CN[C@@H](C(=O)N[C@H](C(=O)N(C)[C@H](C=C(C)C)C(C)C)C(C)(C)C)C(C)(C)c1cccc(CC(=O)OCc2ccc(CCCCCCC(=O)CCCCC(=O)N3Cc4ccccc4C#Cc4ccccc43)cc2)c1. The predicted molar refractivity (Wildman–Crippen MR) is 295 cm³/mol. The van der Waals surface area contributed by atoms with Crippen molar-refractivity contribution in [1.82, 2.24) is 15.5 Å². The fourth-order valence-electron chi connectivity index (χ4n) is 9.64. The van der Waals surface area contributed by atoms with E-state index in [4.69, 9.17) is 4.74 Å². The number of ketones is 1. The Balaban J connectivity index is 1.00. The van der Waals surface area contributed by atoms with Gasteiger partial charge in [0.15, 0.2) is 0 Å². The van der Waals surface area contributed by atoms with Gasteiger partial charge in [0.05, 0.1) is 30.7 Å². The van der Waals surface area contributed by atoms with Gasteiger partial charge in [-0.3, -0.25) is 24.0 Å². The first kappa shape index (κ1) is 57.6. The molecule has 10 nitrogen and oxygen atoms in total. The van der Waals surface area contributed by atoms with Gasteiger partial charge in [0.1, 0.15) is 18.4 Å². The van der Waals surface area contributed by atoms with Crippen LogP contribution in [0.4, 0.5) is 5.69 Å². The Morgan fingerprint density at radius 2 is 1.34 bits per heavy atom. The third-order valence-corrected chi connectivity index (χ3v) is 14.0. The zero-order valence-corrected chi connectivity index (χ0v) is 45.7. The molecule has 1 heterocycles. The van der Waals surface area contributed by atoms with Crippen molar-refractivity contribution in [3.8, 4) is 11.8 Å². The van der Waals surface area contributed by atoms with E-state index >= 15 is 0 Å². The molecular formula is C63H82N4O6. The highest BCUT2D eigenvalue weighted by Crippen LogP contribution is 2.31. The average molecular weight is 991 g/mol. The summed E-state index contributed by atoms with van der Waals surface area (Å²) in [6, 6.07) is 30.1. The largest absolute Gasteiger partial charge is 0.461 e. The number of hydrogen-bond donors (Lipinski definition) is 2. The highest BCUT2D eigenvalue weighted by atomic mass is 16.5. The van der Waals surface area contributed by atoms with E-state index in [9.17, 15) is 24.0 Å². The van der Waals surface area contributed by atoms with E-state index in [0.717, 1.165) is 76.7 Å². The molecule has 4 aromatic rings. The van der Waals surface area contributed by atoms with E-state index in [-0.39, 0.29) is 54.5 Å². The molecule has 3 atom stereocenters. The summed E-state index contributed by atoms with van der Waals surface area (Å²) >= 11 is 0. The second kappa shape index (κ2) is 27.1. The second-order valence-electron chi connectivity index (χ2n) is 22.1. The van der Waals surface area contributed by atoms with Crippen LogP contribution in [-0.2, 0) is 60.1 Å². The van der Waals surface area contributed by atoms with Crippen LogP contribution in [0.15, 0.2) is 109 Å². The fraction of sp³-hybridized carbons (Fsp3) is 0.476. The lowest BCUT2D eigenvalue weighted by Crippen LogP contribution is -2.61. The number of carbonyl (C=O) groups excluding carboxylic acids is 5. The molecule has 1 aliphatic heterocycles. The number of aryl methyl sites for hydroxylation is 1. The lowest BCUT2D eigenvalue weighted by atomic mass is 9.76. The van der Waals surface area contributed by atoms with Crippen LogP contribution in [-0.4, -0.2) is 66.6 Å². The minimum atomic E-state index is -0.757. The normalized spacial score (nSPS) is 13.5. The standard InChI is InChI=1S/C63H82N4O6/c1-44(2)39-55(45(3)4)66(11)61(72)59(62(5,6)7)65-60(71)58(64-10)63(8,9)52-28-22-24-48(40-52)41-57(70)73-43-47-35-33-46(34-36-47)23-14-12-13-15-29-53(68)30-19-21-32-56(69)67-42-51-27-17-16-25-49(51)37-38-50-26-18-20-31-54(50)67/h16-18,20,22,24-28,31,33-36,39-40,45,55,58-59,64H,12-15,19,21,23,29-30,32,41-43H2,1-11H3,(H,65,71)/t55-,58+,59-/m1/s1. The van der Waals surface area contributed by atoms with Crippen molar-refractivity contribution in [3.05, 3.63) is 148 Å². The number of hydrogen-bond acceptors (Lipinski definition) is 7. The number of nitrogens with zero attached hydrogens (tertiary/aromatic N) is 2. The molecule has 4 aromatic carbocycles. The Morgan fingerprint density at radius 1 is 0.726 bits per heavy atom. The van der Waals surface area contributed by atoms with Crippen LogP contribution in [0, 0.1) is 23.2 Å². The fourth-order valence-corrected chi connectivity index (χ4v) is 9.64. The summed E-state index contributed by atoms with van der Waals surface area (Å²) < 4.78 is 5.71. The number of carbonyl (C=O) groups is 5. The van der Waals surface area contributed by atoms with Crippen LogP contribution in [0.3, 0.4) is 0 Å². The molecule has 390 valence electrons.